The van der Waals surface area contributed by atoms with Gasteiger partial charge in [-0.15, -0.1) is 0 Å². The molecule has 1 aliphatic heterocycles. The lowest BCUT2D eigenvalue weighted by Crippen LogP contribution is -2.36. The number of fused-ring (bicyclic) bond motifs is 1. The first-order valence-corrected chi connectivity index (χ1v) is 9.96. The van der Waals surface area contributed by atoms with Gasteiger partial charge in [-0.05, 0) is 41.8 Å². The first-order valence-electron chi connectivity index (χ1n) is 7.32. The summed E-state index contributed by atoms with van der Waals surface area (Å²) >= 11 is 3.35. The molecule has 0 aliphatic carbocycles. The van der Waals surface area contributed by atoms with Gasteiger partial charge in [0.2, 0.25) is 10.0 Å². The van der Waals surface area contributed by atoms with Crippen molar-refractivity contribution >= 4 is 37.5 Å². The third-order valence-corrected chi connectivity index (χ3v) is 5.70. The van der Waals surface area contributed by atoms with Crippen molar-refractivity contribution in [3.63, 3.8) is 0 Å². The van der Waals surface area contributed by atoms with Crippen molar-refractivity contribution in [2.75, 3.05) is 18.1 Å². The maximum atomic E-state index is 12.6. The molecule has 1 N–H and O–H groups in total. The molecule has 0 saturated carbocycles. The lowest BCUT2D eigenvalue weighted by molar-refractivity contribution is 0.102. The van der Waals surface area contributed by atoms with Crippen molar-refractivity contribution in [3.8, 4) is 0 Å². The highest BCUT2D eigenvalue weighted by atomic mass is 79.9. The van der Waals surface area contributed by atoms with Crippen LogP contribution in [-0.2, 0) is 23.0 Å². The van der Waals surface area contributed by atoms with Crippen molar-refractivity contribution in [3.05, 3.63) is 57.8 Å². The number of nitrogens with one attached hydrogen (secondary N) is 1. The van der Waals surface area contributed by atoms with Crippen LogP contribution in [0.3, 0.4) is 0 Å². The number of hydrogen-bond donors (Lipinski definition) is 1. The molecule has 0 spiro atoms. The molecule has 0 unspecified atom stereocenters. The van der Waals surface area contributed by atoms with Crippen molar-refractivity contribution in [1.29, 1.82) is 0 Å². The van der Waals surface area contributed by atoms with Crippen LogP contribution in [-0.4, -0.2) is 36.4 Å². The van der Waals surface area contributed by atoms with Crippen LogP contribution in [0.4, 0.5) is 5.69 Å². The second-order valence-corrected chi connectivity index (χ2v) is 8.53. The third kappa shape index (κ3) is 3.66. The Balaban J connectivity index is 1.85. The van der Waals surface area contributed by atoms with Gasteiger partial charge in [-0.1, -0.05) is 15.9 Å². The molecule has 1 aliphatic rings. The van der Waals surface area contributed by atoms with E-state index >= 15 is 0 Å². The molecule has 0 fully saturated rings. The minimum absolute atomic E-state index is 0.241. The summed E-state index contributed by atoms with van der Waals surface area (Å²) in [6.07, 6.45) is 4.84. The molecule has 1 aromatic heterocycles. The molecular weight excluding hydrogens is 394 g/mol. The van der Waals surface area contributed by atoms with Crippen LogP contribution in [0.5, 0.6) is 0 Å². The number of amides is 1. The minimum Gasteiger partial charge on any atom is -0.322 e. The lowest BCUT2D eigenvalue weighted by Gasteiger charge is -2.27. The van der Waals surface area contributed by atoms with E-state index in [1.165, 1.54) is 16.8 Å². The first kappa shape index (κ1) is 17.1. The predicted molar refractivity (Wildman–Crippen MR) is 95.3 cm³/mol. The molecule has 0 saturated heterocycles. The number of aromatic nitrogens is 1. The second-order valence-electron chi connectivity index (χ2n) is 5.63. The molecule has 1 amide bonds. The normalized spacial score (nSPS) is 14.9. The predicted octanol–water partition coefficient (Wildman–Crippen LogP) is 2.41. The molecule has 0 atom stereocenters. The second kappa shape index (κ2) is 6.62. The monoisotopic (exact) mass is 409 g/mol. The van der Waals surface area contributed by atoms with E-state index in [9.17, 15) is 13.2 Å². The van der Waals surface area contributed by atoms with Gasteiger partial charge < -0.3 is 5.32 Å². The number of carbonyl (C=O) groups is 1. The molecule has 2 aromatic rings. The zero-order valence-corrected chi connectivity index (χ0v) is 15.4. The minimum atomic E-state index is -3.25. The number of hydrogen-bond acceptors (Lipinski definition) is 4. The van der Waals surface area contributed by atoms with Crippen LogP contribution in [0.15, 0.2) is 41.1 Å². The molecule has 0 bridgehead atoms. The van der Waals surface area contributed by atoms with Crippen molar-refractivity contribution < 1.29 is 13.2 Å². The van der Waals surface area contributed by atoms with Gasteiger partial charge in [0.1, 0.15) is 0 Å². The van der Waals surface area contributed by atoms with E-state index in [0.29, 0.717) is 24.2 Å². The molecule has 0 radical (unpaired) electrons. The molecule has 6 nitrogen and oxygen atoms in total. The van der Waals surface area contributed by atoms with Crippen LogP contribution < -0.4 is 5.32 Å². The van der Waals surface area contributed by atoms with E-state index in [1.54, 1.807) is 18.3 Å². The smallest absolute Gasteiger partial charge is 0.257 e. The summed E-state index contributed by atoms with van der Waals surface area (Å²) < 4.78 is 25.7. The molecule has 2 heterocycles. The lowest BCUT2D eigenvalue weighted by atomic mass is 9.98. The largest absolute Gasteiger partial charge is 0.322 e. The SMILES string of the molecule is CS(=O)(=O)N1CCc2c(cncc2C(=O)Nc2ccc(Br)cc2)C1. The summed E-state index contributed by atoms with van der Waals surface area (Å²) in [7, 11) is -3.25. The Kier molecular flexibility index (Phi) is 4.71. The van der Waals surface area contributed by atoms with Gasteiger partial charge in [0.25, 0.3) is 5.91 Å². The number of benzene rings is 1. The van der Waals surface area contributed by atoms with Gasteiger partial charge in [0.05, 0.1) is 11.8 Å². The highest BCUT2D eigenvalue weighted by molar-refractivity contribution is 9.10. The van der Waals surface area contributed by atoms with Crippen LogP contribution in [0, 0.1) is 0 Å². The maximum absolute atomic E-state index is 12.6. The fourth-order valence-electron chi connectivity index (χ4n) is 2.68. The Morgan fingerprint density at radius 3 is 2.62 bits per heavy atom. The number of sulfonamides is 1. The molecular formula is C16H16BrN3O3S. The van der Waals surface area contributed by atoms with Gasteiger partial charge in [0.15, 0.2) is 0 Å². The number of halogens is 1. The summed E-state index contributed by atoms with van der Waals surface area (Å²) in [6.45, 7) is 0.620. The molecule has 126 valence electrons. The Hall–Kier alpha value is -1.77. The highest BCUT2D eigenvalue weighted by Crippen LogP contribution is 2.24. The van der Waals surface area contributed by atoms with Gasteiger partial charge in [0, 0.05) is 35.6 Å². The van der Waals surface area contributed by atoms with Gasteiger partial charge in [-0.25, -0.2) is 8.42 Å². The summed E-state index contributed by atoms with van der Waals surface area (Å²) in [5, 5.41) is 2.85. The van der Waals surface area contributed by atoms with Crippen molar-refractivity contribution in [2.24, 2.45) is 0 Å². The summed E-state index contributed by atoms with van der Waals surface area (Å²) in [4.78, 5) is 16.7. The molecule has 24 heavy (non-hydrogen) atoms. The first-order chi connectivity index (χ1) is 11.3. The van der Waals surface area contributed by atoms with Crippen molar-refractivity contribution in [1.82, 2.24) is 9.29 Å². The number of nitrogens with zero attached hydrogens (tertiary/aromatic N) is 2. The van der Waals surface area contributed by atoms with E-state index in [0.717, 1.165) is 15.6 Å². The maximum Gasteiger partial charge on any atom is 0.257 e. The van der Waals surface area contributed by atoms with Crippen LogP contribution >= 0.6 is 15.9 Å². The summed E-state index contributed by atoms with van der Waals surface area (Å²) in [6, 6.07) is 7.29. The summed E-state index contributed by atoms with van der Waals surface area (Å²) in [5.41, 5.74) is 2.81. The Bertz CT molecular complexity index is 882. The average molecular weight is 410 g/mol. The number of carbonyl (C=O) groups excluding carboxylic acids is 1. The van der Waals surface area contributed by atoms with Crippen molar-refractivity contribution in [2.45, 2.75) is 13.0 Å². The third-order valence-electron chi connectivity index (χ3n) is 3.92. The number of pyridine rings is 1. The fourth-order valence-corrected chi connectivity index (χ4v) is 3.74. The zero-order chi connectivity index (χ0) is 17.3. The van der Waals surface area contributed by atoms with Gasteiger partial charge >= 0.3 is 0 Å². The highest BCUT2D eigenvalue weighted by Gasteiger charge is 2.26. The standard InChI is InChI=1S/C16H16BrN3O3S/c1-24(22,23)20-7-6-14-11(10-20)8-18-9-15(14)16(21)19-13-4-2-12(17)3-5-13/h2-5,8-9H,6-7,10H2,1H3,(H,19,21). The Morgan fingerprint density at radius 1 is 1.25 bits per heavy atom. The average Bonchev–Trinajstić information content (AvgIpc) is 2.55. The Morgan fingerprint density at radius 2 is 1.96 bits per heavy atom. The number of anilines is 1. The summed E-state index contributed by atoms with van der Waals surface area (Å²) in [5.74, 6) is -0.241. The molecule has 3 rings (SSSR count). The van der Waals surface area contributed by atoms with E-state index in [-0.39, 0.29) is 12.5 Å². The van der Waals surface area contributed by atoms with E-state index in [2.05, 4.69) is 26.2 Å². The Labute approximate surface area is 149 Å². The van der Waals surface area contributed by atoms with Crippen LogP contribution in [0.1, 0.15) is 21.5 Å². The van der Waals surface area contributed by atoms with E-state index in [4.69, 9.17) is 0 Å². The topological polar surface area (TPSA) is 79.4 Å². The van der Waals surface area contributed by atoms with Gasteiger partial charge in [-0.2, -0.15) is 4.31 Å². The van der Waals surface area contributed by atoms with E-state index < -0.39 is 10.0 Å². The quantitative estimate of drug-likeness (QED) is 0.843. The van der Waals surface area contributed by atoms with E-state index in [1.807, 2.05) is 12.1 Å². The molecule has 8 heteroatoms. The molecule has 1 aromatic carbocycles. The zero-order valence-electron chi connectivity index (χ0n) is 13.0. The van der Waals surface area contributed by atoms with Crippen LogP contribution in [0.25, 0.3) is 0 Å². The fraction of sp³-hybridized carbons (Fsp3) is 0.250. The van der Waals surface area contributed by atoms with Crippen LogP contribution in [0.2, 0.25) is 0 Å². The number of rotatable bonds is 3. The van der Waals surface area contributed by atoms with Gasteiger partial charge in [-0.3, -0.25) is 9.78 Å².